The Morgan fingerprint density at radius 2 is 1.58 bits per heavy atom. The molecular formula is C25H28N2O5S. The van der Waals surface area contributed by atoms with Crippen LogP contribution < -0.4 is 5.73 Å². The number of hydrogen-bond donors (Lipinski definition) is 2. The third-order valence-corrected chi connectivity index (χ3v) is 6.41. The summed E-state index contributed by atoms with van der Waals surface area (Å²) in [6.45, 7) is 2.55. The summed E-state index contributed by atoms with van der Waals surface area (Å²) in [4.78, 5) is 14.1. The van der Waals surface area contributed by atoms with E-state index >= 15 is 0 Å². The minimum atomic E-state index is -4.03. The van der Waals surface area contributed by atoms with Gasteiger partial charge < -0.3 is 10.5 Å². The molecule has 1 saturated heterocycles. The van der Waals surface area contributed by atoms with Gasteiger partial charge in [-0.2, -0.15) is 8.42 Å². The lowest BCUT2D eigenvalue weighted by Crippen LogP contribution is -2.36. The quantitative estimate of drug-likeness (QED) is 0.551. The first-order valence-corrected chi connectivity index (χ1v) is 12.0. The molecule has 0 unspecified atom stereocenters. The molecule has 1 heterocycles. The lowest BCUT2D eigenvalue weighted by molar-refractivity contribution is 0.0908. The zero-order valence-corrected chi connectivity index (χ0v) is 19.2. The number of nitrogens with zero attached hydrogens (tertiary/aromatic N) is 1. The maximum absolute atomic E-state index is 12.4. The number of rotatable bonds is 4. The molecule has 0 aliphatic carbocycles. The number of carbonyl (C=O) groups is 1. The Bertz CT molecular complexity index is 1150. The number of benzene rings is 3. The van der Waals surface area contributed by atoms with Gasteiger partial charge in [-0.15, -0.1) is 0 Å². The van der Waals surface area contributed by atoms with Crippen molar-refractivity contribution in [2.24, 2.45) is 5.73 Å². The number of amides is 1. The van der Waals surface area contributed by atoms with E-state index in [0.717, 1.165) is 17.5 Å². The van der Waals surface area contributed by atoms with Crippen LogP contribution in [-0.2, 0) is 21.5 Å². The molecule has 0 bridgehead atoms. The van der Waals surface area contributed by atoms with E-state index < -0.39 is 10.1 Å². The summed E-state index contributed by atoms with van der Waals surface area (Å²) in [5.41, 5.74) is 8.79. The molecule has 3 N–H and O–H groups in total. The summed E-state index contributed by atoms with van der Waals surface area (Å²) in [5.74, 6) is 0. The van der Waals surface area contributed by atoms with E-state index in [2.05, 4.69) is 0 Å². The number of ether oxygens (including phenoxy) is 1. The van der Waals surface area contributed by atoms with Gasteiger partial charge in [-0.3, -0.25) is 9.45 Å². The van der Waals surface area contributed by atoms with Crippen LogP contribution in [0.25, 0.3) is 0 Å². The molecule has 8 heteroatoms. The Hall–Kier alpha value is -3.20. The van der Waals surface area contributed by atoms with Gasteiger partial charge in [0.05, 0.1) is 10.9 Å². The van der Waals surface area contributed by atoms with Gasteiger partial charge in [0.2, 0.25) is 0 Å². The molecule has 174 valence electrons. The molecule has 4 rings (SSSR count). The van der Waals surface area contributed by atoms with Crippen LogP contribution in [0.15, 0.2) is 89.8 Å². The number of nitrogens with two attached hydrogens (primary N) is 1. The van der Waals surface area contributed by atoms with Gasteiger partial charge in [-0.1, -0.05) is 78.9 Å². The Morgan fingerprint density at radius 1 is 1.00 bits per heavy atom. The molecule has 0 spiro atoms. The number of likely N-dealkylation sites (tertiary alicyclic amines) is 1. The summed E-state index contributed by atoms with van der Waals surface area (Å²) in [6, 6.07) is 25.7. The van der Waals surface area contributed by atoms with Crippen molar-refractivity contribution in [3.8, 4) is 0 Å². The van der Waals surface area contributed by atoms with Gasteiger partial charge in [0.1, 0.15) is 6.61 Å². The molecule has 3 aromatic carbocycles. The molecule has 2 atom stereocenters. The van der Waals surface area contributed by atoms with Crippen LogP contribution in [0.3, 0.4) is 0 Å². The molecule has 1 fully saturated rings. The molecule has 0 radical (unpaired) electrons. The van der Waals surface area contributed by atoms with Crippen LogP contribution in [0, 0.1) is 6.92 Å². The van der Waals surface area contributed by atoms with Crippen molar-refractivity contribution < 1.29 is 22.5 Å². The van der Waals surface area contributed by atoms with Crippen molar-refractivity contribution in [3.63, 3.8) is 0 Å². The second-order valence-electron chi connectivity index (χ2n) is 7.78. The Kier molecular flexibility index (Phi) is 8.21. The van der Waals surface area contributed by atoms with E-state index in [0.29, 0.717) is 12.1 Å². The van der Waals surface area contributed by atoms with Crippen LogP contribution >= 0.6 is 0 Å². The van der Waals surface area contributed by atoms with Gasteiger partial charge in [-0.25, -0.2) is 4.79 Å². The first-order chi connectivity index (χ1) is 15.8. The molecular weight excluding hydrogens is 440 g/mol. The van der Waals surface area contributed by atoms with Gasteiger partial charge in [0.25, 0.3) is 10.1 Å². The third-order valence-electron chi connectivity index (χ3n) is 5.40. The molecule has 33 heavy (non-hydrogen) atoms. The Labute approximate surface area is 194 Å². The number of aryl methyl sites for hydroxylation is 1. The van der Waals surface area contributed by atoms with E-state index in [-0.39, 0.29) is 29.7 Å². The highest BCUT2D eigenvalue weighted by Gasteiger charge is 2.36. The van der Waals surface area contributed by atoms with Gasteiger partial charge in [0.15, 0.2) is 0 Å². The monoisotopic (exact) mass is 468 g/mol. The summed E-state index contributed by atoms with van der Waals surface area (Å²) < 4.78 is 35.3. The van der Waals surface area contributed by atoms with Crippen molar-refractivity contribution in [2.45, 2.75) is 36.9 Å². The van der Waals surface area contributed by atoms with E-state index in [1.54, 1.807) is 30.0 Å². The molecule has 3 aromatic rings. The highest BCUT2D eigenvalue weighted by atomic mass is 32.2. The predicted octanol–water partition coefficient (Wildman–Crippen LogP) is 4.34. The largest absolute Gasteiger partial charge is 0.445 e. The van der Waals surface area contributed by atoms with Crippen molar-refractivity contribution in [1.82, 2.24) is 4.90 Å². The molecule has 1 aliphatic rings. The van der Waals surface area contributed by atoms with Crippen LogP contribution in [-0.4, -0.2) is 36.6 Å². The fourth-order valence-corrected chi connectivity index (χ4v) is 4.47. The van der Waals surface area contributed by atoms with Gasteiger partial charge in [0, 0.05) is 12.6 Å². The average Bonchev–Trinajstić information content (AvgIpc) is 3.20. The Morgan fingerprint density at radius 3 is 2.15 bits per heavy atom. The first kappa shape index (κ1) is 24.4. The van der Waals surface area contributed by atoms with Gasteiger partial charge in [-0.05, 0) is 36.1 Å². The van der Waals surface area contributed by atoms with Crippen molar-refractivity contribution in [2.75, 3.05) is 6.54 Å². The first-order valence-electron chi connectivity index (χ1n) is 10.6. The van der Waals surface area contributed by atoms with Crippen molar-refractivity contribution in [1.29, 1.82) is 0 Å². The molecule has 1 amide bonds. The fourth-order valence-electron chi connectivity index (χ4n) is 3.75. The van der Waals surface area contributed by atoms with E-state index in [1.807, 2.05) is 60.7 Å². The van der Waals surface area contributed by atoms with Crippen LogP contribution in [0.2, 0.25) is 0 Å². The highest BCUT2D eigenvalue weighted by Crippen LogP contribution is 2.31. The SMILES string of the molecule is Cc1ccccc1S(=O)(=O)O.N[C@H]1CCN(C(=O)OCc2ccccc2)[C@@H]1c1ccccc1. The van der Waals surface area contributed by atoms with Crippen LogP contribution in [0.5, 0.6) is 0 Å². The second-order valence-corrected chi connectivity index (χ2v) is 9.17. The maximum atomic E-state index is 12.4. The highest BCUT2D eigenvalue weighted by molar-refractivity contribution is 7.85. The molecule has 7 nitrogen and oxygen atoms in total. The van der Waals surface area contributed by atoms with E-state index in [1.165, 1.54) is 6.07 Å². The van der Waals surface area contributed by atoms with Crippen molar-refractivity contribution >= 4 is 16.2 Å². The summed E-state index contributed by atoms with van der Waals surface area (Å²) in [6.07, 6.45) is 0.491. The molecule has 0 saturated carbocycles. The minimum absolute atomic E-state index is 0.0278. The number of carbonyl (C=O) groups excluding carboxylic acids is 1. The topological polar surface area (TPSA) is 110 Å². The predicted molar refractivity (Wildman–Crippen MR) is 126 cm³/mol. The zero-order chi connectivity index (χ0) is 23.8. The normalized spacial score (nSPS) is 17.7. The third kappa shape index (κ3) is 6.64. The van der Waals surface area contributed by atoms with Crippen LogP contribution in [0.1, 0.15) is 29.2 Å². The Balaban J connectivity index is 0.000000235. The maximum Gasteiger partial charge on any atom is 0.410 e. The lowest BCUT2D eigenvalue weighted by Gasteiger charge is -2.26. The standard InChI is InChI=1S/C18H20N2O2.C7H8O3S/c19-16-11-12-20(17(16)15-9-5-2-6-10-15)18(21)22-13-14-7-3-1-4-8-14;1-6-4-2-3-5-7(6)11(8,9)10/h1-10,16-17H,11-13,19H2;2-5H,1H3,(H,8,9,10)/t16-,17+;/m0./s1. The molecule has 1 aliphatic heterocycles. The number of hydrogen-bond acceptors (Lipinski definition) is 5. The van der Waals surface area contributed by atoms with Crippen molar-refractivity contribution in [3.05, 3.63) is 102 Å². The summed E-state index contributed by atoms with van der Waals surface area (Å²) >= 11 is 0. The fraction of sp³-hybridized carbons (Fsp3) is 0.240. The smallest absolute Gasteiger partial charge is 0.410 e. The summed E-state index contributed by atoms with van der Waals surface area (Å²) in [5, 5.41) is 0. The summed E-state index contributed by atoms with van der Waals surface area (Å²) in [7, 11) is -4.03. The van der Waals surface area contributed by atoms with Crippen LogP contribution in [0.4, 0.5) is 4.79 Å². The van der Waals surface area contributed by atoms with Gasteiger partial charge >= 0.3 is 6.09 Å². The second kappa shape index (κ2) is 11.1. The molecule has 0 aromatic heterocycles. The zero-order valence-electron chi connectivity index (χ0n) is 18.4. The lowest BCUT2D eigenvalue weighted by atomic mass is 10.0. The average molecular weight is 469 g/mol. The van der Waals surface area contributed by atoms with E-state index in [4.69, 9.17) is 15.0 Å². The minimum Gasteiger partial charge on any atom is -0.445 e. The van der Waals surface area contributed by atoms with E-state index in [9.17, 15) is 13.2 Å².